The number of amides is 2. The van der Waals surface area contributed by atoms with Crippen molar-refractivity contribution in [3.63, 3.8) is 0 Å². The zero-order chi connectivity index (χ0) is 20.7. The minimum absolute atomic E-state index is 0.0768. The van der Waals surface area contributed by atoms with Crippen LogP contribution in [-0.2, 0) is 16.0 Å². The van der Waals surface area contributed by atoms with Crippen LogP contribution in [0.4, 0.5) is 5.69 Å². The standard InChI is InChI=1S/C19H25ClN4O4/c1-12(2)19-22-17(28-23-19)6-5-7-18(26)24(3)11-16(25)21-14-10-13(20)8-9-15(14)27-4/h8-10,12H,5-7,11H2,1-4H3,(H,21,25). The van der Waals surface area contributed by atoms with Gasteiger partial charge in [0.1, 0.15) is 5.75 Å². The molecule has 0 unspecified atom stereocenters. The first kappa shape index (κ1) is 21.7. The third kappa shape index (κ3) is 6.23. The van der Waals surface area contributed by atoms with E-state index in [0.29, 0.717) is 41.0 Å². The predicted octanol–water partition coefficient (Wildman–Crippen LogP) is 3.27. The van der Waals surface area contributed by atoms with E-state index in [1.54, 1.807) is 25.2 Å². The minimum atomic E-state index is -0.338. The first-order valence-corrected chi connectivity index (χ1v) is 9.37. The van der Waals surface area contributed by atoms with Crippen molar-refractivity contribution in [3.05, 3.63) is 34.9 Å². The topological polar surface area (TPSA) is 97.6 Å². The molecule has 0 aliphatic rings. The smallest absolute Gasteiger partial charge is 0.244 e. The molecule has 1 heterocycles. The normalized spacial score (nSPS) is 10.8. The van der Waals surface area contributed by atoms with Crippen molar-refractivity contribution >= 4 is 29.1 Å². The van der Waals surface area contributed by atoms with Crippen molar-refractivity contribution in [2.75, 3.05) is 26.0 Å². The number of aryl methyl sites for hydroxylation is 1. The average molecular weight is 409 g/mol. The summed E-state index contributed by atoms with van der Waals surface area (Å²) >= 11 is 5.95. The zero-order valence-corrected chi connectivity index (χ0v) is 17.2. The number of hydrogen-bond acceptors (Lipinski definition) is 6. The van der Waals surface area contributed by atoms with E-state index < -0.39 is 0 Å². The van der Waals surface area contributed by atoms with Crippen molar-refractivity contribution < 1.29 is 18.8 Å². The lowest BCUT2D eigenvalue weighted by Crippen LogP contribution is -2.34. The van der Waals surface area contributed by atoms with Gasteiger partial charge in [0.25, 0.3) is 0 Å². The molecule has 2 rings (SSSR count). The Kier molecular flexibility index (Phi) is 7.80. The molecule has 0 bridgehead atoms. The van der Waals surface area contributed by atoms with E-state index in [0.717, 1.165) is 0 Å². The van der Waals surface area contributed by atoms with E-state index in [2.05, 4.69) is 15.5 Å². The van der Waals surface area contributed by atoms with E-state index in [9.17, 15) is 9.59 Å². The fourth-order valence-corrected chi connectivity index (χ4v) is 2.63. The van der Waals surface area contributed by atoms with Crippen molar-refractivity contribution in [1.82, 2.24) is 15.0 Å². The Balaban J connectivity index is 1.79. The molecule has 1 aromatic heterocycles. The van der Waals surface area contributed by atoms with Gasteiger partial charge in [-0.25, -0.2) is 0 Å². The number of methoxy groups -OCH3 is 1. The van der Waals surface area contributed by atoms with Gasteiger partial charge in [-0.05, 0) is 24.6 Å². The molecule has 2 amide bonds. The summed E-state index contributed by atoms with van der Waals surface area (Å²) in [5.74, 6) is 1.39. The molecule has 28 heavy (non-hydrogen) atoms. The first-order chi connectivity index (χ1) is 13.3. The highest BCUT2D eigenvalue weighted by atomic mass is 35.5. The molecular weight excluding hydrogens is 384 g/mol. The van der Waals surface area contributed by atoms with E-state index >= 15 is 0 Å². The second-order valence-corrected chi connectivity index (χ2v) is 7.13. The number of nitrogens with zero attached hydrogens (tertiary/aromatic N) is 3. The highest BCUT2D eigenvalue weighted by Crippen LogP contribution is 2.27. The molecule has 0 saturated heterocycles. The maximum absolute atomic E-state index is 12.2. The molecule has 0 aliphatic heterocycles. The van der Waals surface area contributed by atoms with Crippen LogP contribution >= 0.6 is 11.6 Å². The van der Waals surface area contributed by atoms with Crippen LogP contribution in [0.2, 0.25) is 5.02 Å². The number of carbonyl (C=O) groups is 2. The van der Waals surface area contributed by atoms with Crippen LogP contribution in [0.3, 0.4) is 0 Å². The summed E-state index contributed by atoms with van der Waals surface area (Å²) in [6.07, 6.45) is 1.36. The summed E-state index contributed by atoms with van der Waals surface area (Å²) in [5.41, 5.74) is 0.457. The van der Waals surface area contributed by atoms with Crippen molar-refractivity contribution in [1.29, 1.82) is 0 Å². The van der Waals surface area contributed by atoms with Gasteiger partial charge in [-0.15, -0.1) is 0 Å². The molecule has 1 N–H and O–H groups in total. The van der Waals surface area contributed by atoms with Gasteiger partial charge in [0.15, 0.2) is 5.82 Å². The molecule has 0 saturated carbocycles. The molecule has 8 nitrogen and oxygen atoms in total. The number of carbonyl (C=O) groups excluding carboxylic acids is 2. The maximum Gasteiger partial charge on any atom is 0.244 e. The summed E-state index contributed by atoms with van der Waals surface area (Å²) in [5, 5.41) is 7.08. The third-order valence-electron chi connectivity index (χ3n) is 4.02. The highest BCUT2D eigenvalue weighted by molar-refractivity contribution is 6.31. The number of hydrogen-bond donors (Lipinski definition) is 1. The second-order valence-electron chi connectivity index (χ2n) is 6.70. The molecule has 2 aromatic rings. The molecule has 152 valence electrons. The molecular formula is C19H25ClN4O4. The molecule has 0 spiro atoms. The Labute approximate surface area is 169 Å². The van der Waals surface area contributed by atoms with Crippen LogP contribution in [0.1, 0.15) is 44.3 Å². The van der Waals surface area contributed by atoms with Crippen molar-refractivity contribution in [3.8, 4) is 5.75 Å². The van der Waals surface area contributed by atoms with Gasteiger partial charge in [-0.3, -0.25) is 9.59 Å². The third-order valence-corrected chi connectivity index (χ3v) is 4.26. The summed E-state index contributed by atoms with van der Waals surface area (Å²) in [6.45, 7) is 3.89. The Morgan fingerprint density at radius 3 is 2.75 bits per heavy atom. The number of benzene rings is 1. The quantitative estimate of drug-likeness (QED) is 0.683. The second kappa shape index (κ2) is 10.1. The first-order valence-electron chi connectivity index (χ1n) is 9.00. The van der Waals surface area contributed by atoms with Gasteiger partial charge in [0.05, 0.1) is 19.3 Å². The molecule has 9 heteroatoms. The number of rotatable bonds is 9. The lowest BCUT2D eigenvalue weighted by Gasteiger charge is -2.17. The molecule has 0 aliphatic carbocycles. The molecule has 0 radical (unpaired) electrons. The van der Waals surface area contributed by atoms with E-state index in [1.165, 1.54) is 12.0 Å². The molecule has 0 fully saturated rings. The van der Waals surface area contributed by atoms with Crippen LogP contribution in [0.15, 0.2) is 22.7 Å². The van der Waals surface area contributed by atoms with E-state index in [1.807, 2.05) is 13.8 Å². The van der Waals surface area contributed by atoms with Crippen LogP contribution in [0.5, 0.6) is 5.75 Å². The SMILES string of the molecule is COc1ccc(Cl)cc1NC(=O)CN(C)C(=O)CCCc1nc(C(C)C)no1. The van der Waals surface area contributed by atoms with Crippen molar-refractivity contribution in [2.24, 2.45) is 0 Å². The Bertz CT molecular complexity index is 822. The Morgan fingerprint density at radius 2 is 2.11 bits per heavy atom. The van der Waals surface area contributed by atoms with Gasteiger partial charge in [0.2, 0.25) is 17.7 Å². The van der Waals surface area contributed by atoms with E-state index in [-0.39, 0.29) is 30.7 Å². The minimum Gasteiger partial charge on any atom is -0.495 e. The number of anilines is 1. The summed E-state index contributed by atoms with van der Waals surface area (Å²) in [4.78, 5) is 30.1. The van der Waals surface area contributed by atoms with Gasteiger partial charge >= 0.3 is 0 Å². The fourth-order valence-electron chi connectivity index (χ4n) is 2.46. The summed E-state index contributed by atoms with van der Waals surface area (Å²) in [6, 6.07) is 4.92. The van der Waals surface area contributed by atoms with Crippen molar-refractivity contribution in [2.45, 2.75) is 39.0 Å². The van der Waals surface area contributed by atoms with Crippen LogP contribution in [0.25, 0.3) is 0 Å². The van der Waals surface area contributed by atoms with Gasteiger partial charge < -0.3 is 19.5 Å². The Morgan fingerprint density at radius 1 is 1.36 bits per heavy atom. The maximum atomic E-state index is 12.2. The lowest BCUT2D eigenvalue weighted by molar-refractivity contribution is -0.133. The van der Waals surface area contributed by atoms with Crippen LogP contribution in [-0.4, -0.2) is 47.6 Å². The zero-order valence-electron chi connectivity index (χ0n) is 16.5. The fraction of sp³-hybridized carbons (Fsp3) is 0.474. The largest absolute Gasteiger partial charge is 0.495 e. The highest BCUT2D eigenvalue weighted by Gasteiger charge is 2.16. The number of aromatic nitrogens is 2. The number of nitrogens with one attached hydrogen (secondary N) is 1. The number of ether oxygens (including phenoxy) is 1. The summed E-state index contributed by atoms with van der Waals surface area (Å²) in [7, 11) is 3.09. The van der Waals surface area contributed by atoms with Crippen LogP contribution in [0, 0.1) is 0 Å². The predicted molar refractivity (Wildman–Crippen MR) is 106 cm³/mol. The lowest BCUT2D eigenvalue weighted by atomic mass is 10.2. The van der Waals surface area contributed by atoms with Gasteiger partial charge in [-0.2, -0.15) is 4.98 Å². The van der Waals surface area contributed by atoms with Gasteiger partial charge in [-0.1, -0.05) is 30.6 Å². The molecule has 0 atom stereocenters. The van der Waals surface area contributed by atoms with Crippen LogP contribution < -0.4 is 10.1 Å². The van der Waals surface area contributed by atoms with E-state index in [4.69, 9.17) is 20.9 Å². The Hall–Kier alpha value is -2.61. The summed E-state index contributed by atoms with van der Waals surface area (Å²) < 4.78 is 10.3. The monoisotopic (exact) mass is 408 g/mol. The number of halogens is 1. The number of likely N-dealkylation sites (N-methyl/N-ethyl adjacent to an activating group) is 1. The van der Waals surface area contributed by atoms with Gasteiger partial charge in [0, 0.05) is 30.8 Å². The average Bonchev–Trinajstić information content (AvgIpc) is 3.11. The molecule has 1 aromatic carbocycles.